The summed E-state index contributed by atoms with van der Waals surface area (Å²) in [5.74, 6) is 0.584. The van der Waals surface area contributed by atoms with E-state index in [4.69, 9.17) is 5.73 Å². The third kappa shape index (κ3) is 4.28. The van der Waals surface area contributed by atoms with E-state index in [0.29, 0.717) is 0 Å². The first-order chi connectivity index (χ1) is 7.98. The fourth-order valence-electron chi connectivity index (χ4n) is 2.57. The van der Waals surface area contributed by atoms with Crippen LogP contribution in [0.4, 0.5) is 0 Å². The lowest BCUT2D eigenvalue weighted by atomic mass is 9.94. The normalized spacial score (nSPS) is 24.8. The van der Waals surface area contributed by atoms with Crippen molar-refractivity contribution in [3.05, 3.63) is 0 Å². The van der Waals surface area contributed by atoms with Crippen LogP contribution in [-0.2, 0) is 4.79 Å². The molecule has 0 bridgehead atoms. The number of likely N-dealkylation sites (tertiary alicyclic amines) is 1. The van der Waals surface area contributed by atoms with Crippen LogP contribution in [0.1, 0.15) is 40.0 Å². The van der Waals surface area contributed by atoms with E-state index in [-0.39, 0.29) is 5.91 Å². The van der Waals surface area contributed by atoms with Gasteiger partial charge in [-0.2, -0.15) is 0 Å². The third-order valence-corrected chi connectivity index (χ3v) is 3.77. The van der Waals surface area contributed by atoms with Gasteiger partial charge in [0.1, 0.15) is 0 Å². The molecule has 0 radical (unpaired) electrons. The maximum atomic E-state index is 11.4. The first-order valence-electron chi connectivity index (χ1n) is 6.75. The second-order valence-electron chi connectivity index (χ2n) is 5.52. The van der Waals surface area contributed by atoms with Crippen LogP contribution in [0.3, 0.4) is 0 Å². The van der Waals surface area contributed by atoms with E-state index in [2.05, 4.69) is 17.1 Å². The number of carbonyl (C=O) groups is 1. The highest BCUT2D eigenvalue weighted by atomic mass is 16.1. The van der Waals surface area contributed by atoms with Crippen LogP contribution in [-0.4, -0.2) is 42.5 Å². The topological polar surface area (TPSA) is 58.4 Å². The number of nitrogens with two attached hydrogens (primary N) is 1. The Morgan fingerprint density at radius 3 is 2.76 bits per heavy atom. The van der Waals surface area contributed by atoms with Gasteiger partial charge in [-0.25, -0.2) is 0 Å². The second-order valence-corrected chi connectivity index (χ2v) is 5.52. The lowest BCUT2D eigenvalue weighted by molar-refractivity contribution is -0.124. The number of hydrogen-bond acceptors (Lipinski definition) is 3. The van der Waals surface area contributed by atoms with Crippen molar-refractivity contribution in [2.45, 2.75) is 45.6 Å². The standard InChI is InChI=1S/C13H27N3O/c1-4-15-13(3,12(14)17)7-5-8-16-9-6-11(2)10-16/h11,15H,4-10H2,1-3H3,(H2,14,17). The minimum atomic E-state index is -0.542. The van der Waals surface area contributed by atoms with Crippen molar-refractivity contribution in [1.29, 1.82) is 0 Å². The van der Waals surface area contributed by atoms with Crippen LogP contribution >= 0.6 is 0 Å². The molecule has 1 saturated heterocycles. The predicted octanol–water partition coefficient (Wildman–Crippen LogP) is 0.962. The summed E-state index contributed by atoms with van der Waals surface area (Å²) in [5.41, 5.74) is 4.92. The largest absolute Gasteiger partial charge is 0.368 e. The van der Waals surface area contributed by atoms with Crippen molar-refractivity contribution in [1.82, 2.24) is 10.2 Å². The molecule has 4 heteroatoms. The number of amides is 1. The summed E-state index contributed by atoms with van der Waals surface area (Å²) in [6.45, 7) is 10.5. The van der Waals surface area contributed by atoms with Crippen molar-refractivity contribution in [2.75, 3.05) is 26.2 Å². The lowest BCUT2D eigenvalue weighted by Crippen LogP contribution is -2.53. The quantitative estimate of drug-likeness (QED) is 0.698. The van der Waals surface area contributed by atoms with Gasteiger partial charge in [-0.05, 0) is 51.7 Å². The van der Waals surface area contributed by atoms with Crippen molar-refractivity contribution >= 4 is 5.91 Å². The predicted molar refractivity (Wildman–Crippen MR) is 70.7 cm³/mol. The fraction of sp³-hybridized carbons (Fsp3) is 0.923. The number of carbonyl (C=O) groups excluding carboxylic acids is 1. The van der Waals surface area contributed by atoms with Gasteiger partial charge in [0.2, 0.25) is 5.91 Å². The van der Waals surface area contributed by atoms with Crippen LogP contribution in [0, 0.1) is 5.92 Å². The Kier molecular flexibility index (Phi) is 5.40. The van der Waals surface area contributed by atoms with Gasteiger partial charge in [-0.1, -0.05) is 13.8 Å². The van der Waals surface area contributed by atoms with E-state index in [1.807, 2.05) is 13.8 Å². The molecule has 1 rings (SSSR count). The molecule has 0 aromatic heterocycles. The van der Waals surface area contributed by atoms with E-state index < -0.39 is 5.54 Å². The van der Waals surface area contributed by atoms with Crippen molar-refractivity contribution in [3.8, 4) is 0 Å². The average molecular weight is 241 g/mol. The number of likely N-dealkylation sites (N-methyl/N-ethyl adjacent to an activating group) is 1. The Morgan fingerprint density at radius 1 is 1.59 bits per heavy atom. The van der Waals surface area contributed by atoms with Crippen molar-refractivity contribution in [3.63, 3.8) is 0 Å². The summed E-state index contributed by atoms with van der Waals surface area (Å²) in [7, 11) is 0. The minimum Gasteiger partial charge on any atom is -0.368 e. The average Bonchev–Trinajstić information content (AvgIpc) is 2.64. The first kappa shape index (κ1) is 14.5. The van der Waals surface area contributed by atoms with E-state index in [0.717, 1.165) is 31.8 Å². The highest BCUT2D eigenvalue weighted by Crippen LogP contribution is 2.17. The molecule has 0 aliphatic carbocycles. The van der Waals surface area contributed by atoms with Gasteiger partial charge in [0.25, 0.3) is 0 Å². The van der Waals surface area contributed by atoms with Gasteiger partial charge in [0, 0.05) is 6.54 Å². The maximum absolute atomic E-state index is 11.4. The van der Waals surface area contributed by atoms with Crippen LogP contribution in [0.2, 0.25) is 0 Å². The van der Waals surface area contributed by atoms with Gasteiger partial charge in [-0.3, -0.25) is 4.79 Å². The molecule has 100 valence electrons. The highest BCUT2D eigenvalue weighted by Gasteiger charge is 2.29. The summed E-state index contributed by atoms with van der Waals surface area (Å²) in [4.78, 5) is 13.9. The zero-order valence-corrected chi connectivity index (χ0v) is 11.5. The Morgan fingerprint density at radius 2 is 2.29 bits per heavy atom. The molecular formula is C13H27N3O. The van der Waals surface area contributed by atoms with Gasteiger partial charge in [0.05, 0.1) is 5.54 Å². The van der Waals surface area contributed by atoms with E-state index in [1.165, 1.54) is 19.5 Å². The van der Waals surface area contributed by atoms with Crippen LogP contribution in [0.5, 0.6) is 0 Å². The van der Waals surface area contributed by atoms with Crippen LogP contribution in [0.25, 0.3) is 0 Å². The molecule has 4 nitrogen and oxygen atoms in total. The molecule has 1 heterocycles. The molecule has 3 N–H and O–H groups in total. The maximum Gasteiger partial charge on any atom is 0.237 e. The first-order valence-corrected chi connectivity index (χ1v) is 6.75. The zero-order chi connectivity index (χ0) is 12.9. The summed E-state index contributed by atoms with van der Waals surface area (Å²) in [5, 5.41) is 3.20. The summed E-state index contributed by atoms with van der Waals surface area (Å²) in [6, 6.07) is 0. The van der Waals surface area contributed by atoms with Crippen LogP contribution < -0.4 is 11.1 Å². The zero-order valence-electron chi connectivity index (χ0n) is 11.5. The van der Waals surface area contributed by atoms with Gasteiger partial charge in [-0.15, -0.1) is 0 Å². The number of primary amides is 1. The lowest BCUT2D eigenvalue weighted by Gasteiger charge is -2.28. The number of nitrogens with zero attached hydrogens (tertiary/aromatic N) is 1. The smallest absolute Gasteiger partial charge is 0.237 e. The SMILES string of the molecule is CCNC(C)(CCCN1CCC(C)C1)C(N)=O. The van der Waals surface area contributed by atoms with E-state index >= 15 is 0 Å². The van der Waals surface area contributed by atoms with Crippen molar-refractivity contribution in [2.24, 2.45) is 11.7 Å². The number of nitrogens with one attached hydrogen (secondary N) is 1. The molecular weight excluding hydrogens is 214 g/mol. The molecule has 1 amide bonds. The third-order valence-electron chi connectivity index (χ3n) is 3.77. The Labute approximate surface area is 105 Å². The van der Waals surface area contributed by atoms with Crippen LogP contribution in [0.15, 0.2) is 0 Å². The van der Waals surface area contributed by atoms with Crippen molar-refractivity contribution < 1.29 is 4.79 Å². The molecule has 2 atom stereocenters. The Balaban J connectivity index is 2.30. The number of hydrogen-bond donors (Lipinski definition) is 2. The molecule has 2 unspecified atom stereocenters. The fourth-order valence-corrected chi connectivity index (χ4v) is 2.57. The molecule has 0 saturated carbocycles. The Hall–Kier alpha value is -0.610. The Bertz CT molecular complexity index is 257. The highest BCUT2D eigenvalue weighted by molar-refractivity contribution is 5.84. The van der Waals surface area contributed by atoms with E-state index in [1.54, 1.807) is 0 Å². The summed E-state index contributed by atoms with van der Waals surface area (Å²) >= 11 is 0. The van der Waals surface area contributed by atoms with Gasteiger partial charge >= 0.3 is 0 Å². The van der Waals surface area contributed by atoms with Gasteiger partial charge < -0.3 is 16.0 Å². The molecule has 0 spiro atoms. The summed E-state index contributed by atoms with van der Waals surface area (Å²) in [6.07, 6.45) is 3.15. The molecule has 0 aromatic carbocycles. The molecule has 0 aromatic rings. The molecule has 17 heavy (non-hydrogen) atoms. The molecule has 1 aliphatic rings. The van der Waals surface area contributed by atoms with E-state index in [9.17, 15) is 4.79 Å². The second kappa shape index (κ2) is 6.36. The number of rotatable bonds is 7. The molecule has 1 aliphatic heterocycles. The van der Waals surface area contributed by atoms with Gasteiger partial charge in [0.15, 0.2) is 0 Å². The summed E-state index contributed by atoms with van der Waals surface area (Å²) < 4.78 is 0. The monoisotopic (exact) mass is 241 g/mol. The minimum absolute atomic E-state index is 0.242. The molecule has 1 fully saturated rings.